The fourth-order valence-electron chi connectivity index (χ4n) is 5.11. The van der Waals surface area contributed by atoms with Crippen LogP contribution in [0.5, 0.6) is 5.75 Å². The lowest BCUT2D eigenvalue weighted by Crippen LogP contribution is -2.41. The zero-order valence-corrected chi connectivity index (χ0v) is 26.8. The van der Waals surface area contributed by atoms with E-state index in [0.29, 0.717) is 30.2 Å². The molecule has 10 nitrogen and oxygen atoms in total. The number of halogens is 2. The summed E-state index contributed by atoms with van der Waals surface area (Å²) in [7, 11) is 1.28. The number of methoxy groups -OCH3 is 1. The van der Waals surface area contributed by atoms with Gasteiger partial charge in [-0.15, -0.1) is 0 Å². The number of nitrogens with two attached hydrogens (primary N) is 2. The summed E-state index contributed by atoms with van der Waals surface area (Å²) in [6.07, 6.45) is 5.14. The molecule has 0 bridgehead atoms. The molecule has 242 valence electrons. The normalized spacial score (nSPS) is 15.8. The average molecular weight is 649 g/mol. The molecule has 5 rings (SSSR count). The minimum atomic E-state index is -0.858. The van der Waals surface area contributed by atoms with Crippen LogP contribution in [0.2, 0.25) is 5.02 Å². The van der Waals surface area contributed by atoms with E-state index in [-0.39, 0.29) is 23.6 Å². The first-order valence-electron chi connectivity index (χ1n) is 15.0. The van der Waals surface area contributed by atoms with Crippen molar-refractivity contribution in [3.05, 3.63) is 95.0 Å². The van der Waals surface area contributed by atoms with Gasteiger partial charge < -0.3 is 25.8 Å². The van der Waals surface area contributed by atoms with E-state index >= 15 is 0 Å². The van der Waals surface area contributed by atoms with Crippen LogP contribution in [0.3, 0.4) is 0 Å². The molecule has 4 N–H and O–H groups in total. The lowest BCUT2D eigenvalue weighted by molar-refractivity contribution is -0.145. The van der Waals surface area contributed by atoms with Crippen LogP contribution in [-0.4, -0.2) is 71.7 Å². The summed E-state index contributed by atoms with van der Waals surface area (Å²) >= 11 is 6.17. The Morgan fingerprint density at radius 3 is 2.67 bits per heavy atom. The number of carbonyl (C=O) groups is 2. The van der Waals surface area contributed by atoms with Gasteiger partial charge in [-0.2, -0.15) is 5.10 Å². The summed E-state index contributed by atoms with van der Waals surface area (Å²) < 4.78 is 26.2. The summed E-state index contributed by atoms with van der Waals surface area (Å²) in [5, 5.41) is 4.36. The van der Waals surface area contributed by atoms with Gasteiger partial charge in [0, 0.05) is 36.6 Å². The van der Waals surface area contributed by atoms with Gasteiger partial charge in [-0.3, -0.25) is 9.79 Å². The molecule has 2 atom stereocenters. The van der Waals surface area contributed by atoms with Crippen LogP contribution in [0, 0.1) is 5.82 Å². The van der Waals surface area contributed by atoms with Crippen molar-refractivity contribution in [2.24, 2.45) is 10.7 Å². The predicted molar refractivity (Wildman–Crippen MR) is 178 cm³/mol. The minimum absolute atomic E-state index is 0.139. The number of carbonyl (C=O) groups excluding carboxylic acids is 2. The number of likely N-dealkylation sites (tertiary alicyclic amines) is 1. The Labute approximate surface area is 272 Å². The first-order valence-corrected chi connectivity index (χ1v) is 15.4. The number of hydrogen-bond acceptors (Lipinski definition) is 8. The molecule has 4 aromatic rings. The maximum atomic E-state index is 13.6. The molecular formula is C34H38ClFN6O4. The molecule has 0 spiro atoms. The third kappa shape index (κ3) is 7.91. The van der Waals surface area contributed by atoms with E-state index in [2.05, 4.69) is 10.1 Å². The monoisotopic (exact) mass is 648 g/mol. The van der Waals surface area contributed by atoms with Gasteiger partial charge in [-0.25, -0.2) is 13.9 Å². The van der Waals surface area contributed by atoms with E-state index in [1.165, 1.54) is 41.2 Å². The van der Waals surface area contributed by atoms with E-state index in [0.717, 1.165) is 29.2 Å². The van der Waals surface area contributed by atoms with Crippen LogP contribution < -0.4 is 16.2 Å². The number of ether oxygens (including phenoxy) is 2. The van der Waals surface area contributed by atoms with Crippen LogP contribution in [0.4, 0.5) is 10.1 Å². The largest absolute Gasteiger partial charge is 0.488 e. The number of esters is 1. The lowest BCUT2D eigenvalue weighted by Gasteiger charge is -2.21. The smallest absolute Gasteiger partial charge is 0.328 e. The van der Waals surface area contributed by atoms with Gasteiger partial charge in [0.15, 0.2) is 0 Å². The van der Waals surface area contributed by atoms with E-state index in [9.17, 15) is 14.0 Å². The molecule has 1 fully saturated rings. The first kappa shape index (κ1) is 34.1. The Balaban J connectivity index is 0.00000235. The molecule has 1 amide bonds. The molecule has 2 unspecified atom stereocenters. The highest BCUT2D eigenvalue weighted by atomic mass is 35.5. The fraction of sp³-hybridized carbons (Fsp3) is 0.294. The lowest BCUT2D eigenvalue weighted by atomic mass is 9.98. The predicted octanol–water partition coefficient (Wildman–Crippen LogP) is 5.54. The Morgan fingerprint density at radius 2 is 1.93 bits per heavy atom. The summed E-state index contributed by atoms with van der Waals surface area (Å²) in [5.41, 5.74) is 15.7. The van der Waals surface area contributed by atoms with Crippen molar-refractivity contribution in [2.75, 3.05) is 32.5 Å². The molecule has 1 aliphatic rings. The topological polar surface area (TPSA) is 138 Å². The number of aliphatic imine (C=N–C) groups is 1. The van der Waals surface area contributed by atoms with E-state index in [4.69, 9.17) is 32.5 Å². The van der Waals surface area contributed by atoms with E-state index in [1.54, 1.807) is 6.21 Å². The van der Waals surface area contributed by atoms with Crippen molar-refractivity contribution < 1.29 is 23.5 Å². The number of aromatic nitrogens is 2. The second-order valence-corrected chi connectivity index (χ2v) is 10.7. The second-order valence-electron chi connectivity index (χ2n) is 10.3. The molecule has 46 heavy (non-hydrogen) atoms. The van der Waals surface area contributed by atoms with Crippen molar-refractivity contribution in [1.29, 1.82) is 0 Å². The molecule has 3 aromatic carbocycles. The summed E-state index contributed by atoms with van der Waals surface area (Å²) in [4.78, 5) is 32.2. The van der Waals surface area contributed by atoms with Crippen LogP contribution in [0.1, 0.15) is 42.6 Å². The Hall–Kier alpha value is -4.74. The third-order valence-corrected chi connectivity index (χ3v) is 7.59. The Bertz CT molecular complexity index is 1690. The van der Waals surface area contributed by atoms with Gasteiger partial charge in [0.25, 0.3) is 5.91 Å². The number of nitrogen functional groups attached to an aromatic ring is 1. The quantitative estimate of drug-likeness (QED) is 0.0996. The number of benzene rings is 3. The van der Waals surface area contributed by atoms with Crippen LogP contribution in [-0.2, 0) is 9.53 Å². The van der Waals surface area contributed by atoms with Crippen molar-refractivity contribution in [3.8, 4) is 22.6 Å². The van der Waals surface area contributed by atoms with Gasteiger partial charge in [-0.05, 0) is 60.5 Å². The minimum Gasteiger partial charge on any atom is -0.488 e. The molecule has 0 radical (unpaired) electrons. The number of amides is 1. The van der Waals surface area contributed by atoms with Gasteiger partial charge in [0.2, 0.25) is 0 Å². The maximum Gasteiger partial charge on any atom is 0.328 e. The Morgan fingerprint density at radius 1 is 1.15 bits per heavy atom. The number of nitrogens with zero attached hydrogens (tertiary/aromatic N) is 4. The van der Waals surface area contributed by atoms with Crippen molar-refractivity contribution in [1.82, 2.24) is 14.7 Å². The number of hydrogen-bond donors (Lipinski definition) is 2. The number of anilines is 1. The van der Waals surface area contributed by atoms with Gasteiger partial charge in [0.1, 0.15) is 23.7 Å². The zero-order valence-electron chi connectivity index (χ0n) is 26.0. The maximum absolute atomic E-state index is 13.6. The number of rotatable bonds is 10. The highest BCUT2D eigenvalue weighted by Gasteiger charge is 2.42. The third-order valence-electron chi connectivity index (χ3n) is 7.28. The van der Waals surface area contributed by atoms with Crippen molar-refractivity contribution in [2.45, 2.75) is 38.8 Å². The molecule has 2 heterocycles. The van der Waals surface area contributed by atoms with Gasteiger partial charge in [-0.1, -0.05) is 49.7 Å². The SMILES string of the molecule is CC.COC(=O)C1CC(Oc2cccc(-c3cccc(N)c3C=NCCCN)c2)CN1C(=O)c1cnn(-c2ccc(F)cc2Cl)c1. The first-order chi connectivity index (χ1) is 22.3. The molecular weight excluding hydrogens is 611 g/mol. The summed E-state index contributed by atoms with van der Waals surface area (Å²) in [6.45, 7) is 5.30. The molecule has 0 aliphatic carbocycles. The summed E-state index contributed by atoms with van der Waals surface area (Å²) in [5.74, 6) is -0.900. The van der Waals surface area contributed by atoms with Crippen LogP contribution in [0.15, 0.2) is 78.0 Å². The second kappa shape index (κ2) is 16.0. The average Bonchev–Trinajstić information content (AvgIpc) is 3.72. The Kier molecular flexibility index (Phi) is 11.9. The van der Waals surface area contributed by atoms with E-state index < -0.39 is 29.8 Å². The van der Waals surface area contributed by atoms with Crippen molar-refractivity contribution in [3.63, 3.8) is 0 Å². The van der Waals surface area contributed by atoms with Gasteiger partial charge >= 0.3 is 5.97 Å². The molecule has 1 saturated heterocycles. The highest BCUT2D eigenvalue weighted by molar-refractivity contribution is 6.32. The van der Waals surface area contributed by atoms with Gasteiger partial charge in [0.05, 0.1) is 36.1 Å². The summed E-state index contributed by atoms with van der Waals surface area (Å²) in [6, 6.07) is 16.2. The van der Waals surface area contributed by atoms with E-state index in [1.807, 2.05) is 56.3 Å². The molecule has 12 heteroatoms. The van der Waals surface area contributed by atoms with Crippen LogP contribution in [0.25, 0.3) is 16.8 Å². The molecule has 1 aromatic heterocycles. The zero-order chi connectivity index (χ0) is 33.2. The standard InChI is InChI=1S/C32H32ClFN6O4.C2H6/c1-43-32(42)30-15-24(19-39(30)31(41)21-16-38-40(18-21)29-10-9-22(34)14-27(29)33)44-23-6-2-5-20(13-23)25-7-3-8-28(36)26(25)17-37-12-4-11-35;1-2/h2-3,5-10,13-14,16-18,24,30H,4,11-12,15,19,35-36H2,1H3;1-2H3. The molecule has 0 saturated carbocycles. The van der Waals surface area contributed by atoms with Crippen LogP contribution >= 0.6 is 11.6 Å². The molecule has 1 aliphatic heterocycles. The fourth-order valence-corrected chi connectivity index (χ4v) is 5.37. The van der Waals surface area contributed by atoms with Crippen molar-refractivity contribution >= 4 is 35.4 Å². The highest BCUT2D eigenvalue weighted by Crippen LogP contribution is 2.32.